The lowest BCUT2D eigenvalue weighted by Gasteiger charge is -2.15. The summed E-state index contributed by atoms with van der Waals surface area (Å²) < 4.78 is 41.8. The van der Waals surface area contributed by atoms with Crippen LogP contribution < -0.4 is 0 Å². The van der Waals surface area contributed by atoms with E-state index in [4.69, 9.17) is 16.3 Å². The highest BCUT2D eigenvalue weighted by Gasteiger charge is 2.37. The third-order valence-electron chi connectivity index (χ3n) is 2.95. The van der Waals surface area contributed by atoms with Crippen LogP contribution in [-0.2, 0) is 11.3 Å². The van der Waals surface area contributed by atoms with Crippen molar-refractivity contribution in [3.63, 3.8) is 0 Å². The van der Waals surface area contributed by atoms with Crippen molar-refractivity contribution >= 4 is 33.2 Å². The van der Waals surface area contributed by atoms with Gasteiger partial charge in [0.1, 0.15) is 16.6 Å². The SMILES string of the molecule is Cc1sc2nc(COC(C)C(F)(F)F)nc(Cl)c2c1C. The highest BCUT2D eigenvalue weighted by Crippen LogP contribution is 2.33. The molecule has 8 heteroatoms. The van der Waals surface area contributed by atoms with Gasteiger partial charge in [0, 0.05) is 4.88 Å². The van der Waals surface area contributed by atoms with Crippen molar-refractivity contribution in [2.45, 2.75) is 39.7 Å². The van der Waals surface area contributed by atoms with Crippen molar-refractivity contribution in [2.24, 2.45) is 0 Å². The molecule has 0 bridgehead atoms. The summed E-state index contributed by atoms with van der Waals surface area (Å²) in [5.41, 5.74) is 0.992. The van der Waals surface area contributed by atoms with Gasteiger partial charge in [-0.3, -0.25) is 0 Å². The highest BCUT2D eigenvalue weighted by molar-refractivity contribution is 7.18. The minimum absolute atomic E-state index is 0.153. The van der Waals surface area contributed by atoms with Gasteiger partial charge in [0.25, 0.3) is 0 Å². The molecule has 0 saturated heterocycles. The molecule has 0 aliphatic heterocycles. The van der Waals surface area contributed by atoms with Crippen LogP contribution in [0.25, 0.3) is 10.2 Å². The van der Waals surface area contributed by atoms with Crippen LogP contribution in [0.4, 0.5) is 13.2 Å². The summed E-state index contributed by atoms with van der Waals surface area (Å²) in [5, 5.41) is 0.997. The predicted molar refractivity (Wildman–Crippen MR) is 72.2 cm³/mol. The van der Waals surface area contributed by atoms with Gasteiger partial charge in [-0.25, -0.2) is 9.97 Å². The zero-order valence-electron chi connectivity index (χ0n) is 11.0. The van der Waals surface area contributed by atoms with E-state index < -0.39 is 12.3 Å². The highest BCUT2D eigenvalue weighted by atomic mass is 35.5. The standard InChI is InChI=1S/C12H12ClF3N2OS/c1-5-6(2)20-11-9(5)10(13)17-8(18-11)4-19-7(3)12(14,15)16/h7H,4H2,1-3H3. The molecule has 3 nitrogen and oxygen atoms in total. The molecule has 20 heavy (non-hydrogen) atoms. The predicted octanol–water partition coefficient (Wildman–Crippen LogP) is 4.43. The quantitative estimate of drug-likeness (QED) is 0.783. The maximum Gasteiger partial charge on any atom is 0.414 e. The van der Waals surface area contributed by atoms with Crippen molar-refractivity contribution in [3.05, 3.63) is 21.4 Å². The number of halogens is 4. The van der Waals surface area contributed by atoms with Crippen molar-refractivity contribution in [1.82, 2.24) is 9.97 Å². The van der Waals surface area contributed by atoms with Gasteiger partial charge >= 0.3 is 6.18 Å². The number of fused-ring (bicyclic) bond motifs is 1. The molecule has 110 valence electrons. The summed E-state index contributed by atoms with van der Waals surface area (Å²) >= 11 is 7.50. The molecule has 2 aromatic heterocycles. The van der Waals surface area contributed by atoms with Gasteiger partial charge in [0.15, 0.2) is 11.9 Å². The molecule has 0 saturated carbocycles. The lowest BCUT2D eigenvalue weighted by Crippen LogP contribution is -2.28. The molecule has 1 atom stereocenters. The Labute approximate surface area is 122 Å². The Morgan fingerprint density at radius 2 is 1.95 bits per heavy atom. The molecule has 0 radical (unpaired) electrons. The molecule has 0 N–H and O–H groups in total. The van der Waals surface area contributed by atoms with Gasteiger partial charge in [-0.2, -0.15) is 13.2 Å². The van der Waals surface area contributed by atoms with Crippen LogP contribution in [0, 0.1) is 13.8 Å². The normalized spacial score (nSPS) is 13.9. The van der Waals surface area contributed by atoms with Gasteiger partial charge in [0.05, 0.1) is 5.39 Å². The van der Waals surface area contributed by atoms with Crippen LogP contribution in [0.2, 0.25) is 5.15 Å². The summed E-state index contributed by atoms with van der Waals surface area (Å²) in [7, 11) is 0. The zero-order chi connectivity index (χ0) is 15.1. The first-order valence-corrected chi connectivity index (χ1v) is 7.00. The smallest absolute Gasteiger partial charge is 0.361 e. The fraction of sp³-hybridized carbons (Fsp3) is 0.500. The van der Waals surface area contributed by atoms with Crippen LogP contribution in [0.15, 0.2) is 0 Å². The van der Waals surface area contributed by atoms with E-state index in [1.807, 2.05) is 13.8 Å². The van der Waals surface area contributed by atoms with Gasteiger partial charge in [-0.1, -0.05) is 11.6 Å². The van der Waals surface area contributed by atoms with Crippen LogP contribution in [-0.4, -0.2) is 22.2 Å². The molecule has 0 amide bonds. The Hall–Kier alpha value is -0.920. The summed E-state index contributed by atoms with van der Waals surface area (Å²) in [4.78, 5) is 9.92. The lowest BCUT2D eigenvalue weighted by molar-refractivity contribution is -0.217. The van der Waals surface area contributed by atoms with Crippen LogP contribution in [0.3, 0.4) is 0 Å². The summed E-state index contributed by atoms with van der Waals surface area (Å²) in [6.45, 7) is 4.46. The first-order valence-electron chi connectivity index (χ1n) is 5.80. The monoisotopic (exact) mass is 324 g/mol. The minimum atomic E-state index is -4.40. The number of aromatic nitrogens is 2. The van der Waals surface area contributed by atoms with Crippen LogP contribution in [0.1, 0.15) is 23.2 Å². The third-order valence-corrected chi connectivity index (χ3v) is 4.33. The Morgan fingerprint density at radius 3 is 2.55 bits per heavy atom. The van der Waals surface area contributed by atoms with E-state index in [9.17, 15) is 13.2 Å². The number of alkyl halides is 3. The molecule has 0 aliphatic rings. The van der Waals surface area contributed by atoms with E-state index in [1.54, 1.807) is 0 Å². The minimum Gasteiger partial charge on any atom is -0.361 e. The first-order chi connectivity index (χ1) is 9.20. The molecule has 1 unspecified atom stereocenters. The molecule has 2 heterocycles. The van der Waals surface area contributed by atoms with Gasteiger partial charge < -0.3 is 4.74 Å². The maximum absolute atomic E-state index is 12.4. The summed E-state index contributed by atoms with van der Waals surface area (Å²) in [6.07, 6.45) is -6.27. The number of hydrogen-bond acceptors (Lipinski definition) is 4. The maximum atomic E-state index is 12.4. The van der Waals surface area contributed by atoms with Crippen molar-refractivity contribution in [2.75, 3.05) is 0 Å². The van der Waals surface area contributed by atoms with Crippen molar-refractivity contribution in [1.29, 1.82) is 0 Å². The van der Waals surface area contributed by atoms with Gasteiger partial charge in [0.2, 0.25) is 0 Å². The molecule has 0 fully saturated rings. The average molecular weight is 325 g/mol. The Bertz CT molecular complexity index is 642. The number of hydrogen-bond donors (Lipinski definition) is 0. The number of thiophene rings is 1. The third kappa shape index (κ3) is 3.05. The van der Waals surface area contributed by atoms with E-state index in [0.717, 1.165) is 22.8 Å². The van der Waals surface area contributed by atoms with E-state index in [-0.39, 0.29) is 17.6 Å². The molecule has 0 spiro atoms. The Morgan fingerprint density at radius 1 is 1.30 bits per heavy atom. The van der Waals surface area contributed by atoms with E-state index in [1.165, 1.54) is 11.3 Å². The lowest BCUT2D eigenvalue weighted by atomic mass is 10.2. The fourth-order valence-corrected chi connectivity index (χ4v) is 3.03. The molecular formula is C12H12ClF3N2OS. The van der Waals surface area contributed by atoms with E-state index in [2.05, 4.69) is 9.97 Å². The Balaban J connectivity index is 2.24. The first kappa shape index (κ1) is 15.5. The molecule has 0 aromatic carbocycles. The number of ether oxygens (including phenoxy) is 1. The second-order valence-corrected chi connectivity index (χ2v) is 5.95. The average Bonchev–Trinajstić information content (AvgIpc) is 2.61. The fourth-order valence-electron chi connectivity index (χ4n) is 1.60. The second-order valence-electron chi connectivity index (χ2n) is 4.39. The molecular weight excluding hydrogens is 313 g/mol. The number of rotatable bonds is 3. The van der Waals surface area contributed by atoms with Crippen LogP contribution in [0.5, 0.6) is 0 Å². The second kappa shape index (κ2) is 5.46. The van der Waals surface area contributed by atoms with Crippen molar-refractivity contribution < 1.29 is 17.9 Å². The van der Waals surface area contributed by atoms with Crippen LogP contribution >= 0.6 is 22.9 Å². The van der Waals surface area contributed by atoms with Gasteiger partial charge in [-0.05, 0) is 26.3 Å². The number of nitrogens with zero attached hydrogens (tertiary/aromatic N) is 2. The molecule has 2 aromatic rings. The zero-order valence-corrected chi connectivity index (χ0v) is 12.6. The molecule has 0 aliphatic carbocycles. The summed E-state index contributed by atoms with van der Waals surface area (Å²) in [6, 6.07) is 0. The topological polar surface area (TPSA) is 35.0 Å². The molecule has 2 rings (SSSR count). The van der Waals surface area contributed by atoms with Crippen molar-refractivity contribution in [3.8, 4) is 0 Å². The number of aryl methyl sites for hydroxylation is 2. The Kier molecular flexibility index (Phi) is 4.22. The van der Waals surface area contributed by atoms with Gasteiger partial charge in [-0.15, -0.1) is 11.3 Å². The summed E-state index contributed by atoms with van der Waals surface area (Å²) in [5.74, 6) is 0.153. The van der Waals surface area contributed by atoms with E-state index in [0.29, 0.717) is 4.83 Å². The van der Waals surface area contributed by atoms with E-state index >= 15 is 0 Å². The largest absolute Gasteiger partial charge is 0.414 e.